The fourth-order valence-corrected chi connectivity index (χ4v) is 1.45. The standard InChI is InChI=1S/C16H20O2/c1-12-6-5-7-13(10-12)8-9-14(17)11-15(18)16(2,3)4/h5-10H,11H2,1-4H3/b9-8+. The van der Waals surface area contributed by atoms with Gasteiger partial charge in [0.2, 0.25) is 0 Å². The summed E-state index contributed by atoms with van der Waals surface area (Å²) in [6, 6.07) is 7.87. The molecule has 0 amide bonds. The van der Waals surface area contributed by atoms with E-state index in [4.69, 9.17) is 0 Å². The number of ketones is 2. The Kier molecular flexibility index (Phi) is 4.60. The SMILES string of the molecule is Cc1cccc(/C=C/C(=O)CC(=O)C(C)(C)C)c1. The van der Waals surface area contributed by atoms with E-state index in [1.807, 2.05) is 52.0 Å². The Bertz CT molecular complexity index is 476. The van der Waals surface area contributed by atoms with Crippen LogP contribution in [0.25, 0.3) is 6.08 Å². The van der Waals surface area contributed by atoms with E-state index in [0.29, 0.717) is 0 Å². The van der Waals surface area contributed by atoms with E-state index in [1.165, 1.54) is 6.08 Å². The molecule has 2 heteroatoms. The summed E-state index contributed by atoms with van der Waals surface area (Å²) in [5.74, 6) is -0.169. The summed E-state index contributed by atoms with van der Waals surface area (Å²) in [6.45, 7) is 7.48. The van der Waals surface area contributed by atoms with Crippen LogP contribution in [0.3, 0.4) is 0 Å². The lowest BCUT2D eigenvalue weighted by Gasteiger charge is -2.14. The highest BCUT2D eigenvalue weighted by Crippen LogP contribution is 2.17. The zero-order chi connectivity index (χ0) is 13.8. The fourth-order valence-electron chi connectivity index (χ4n) is 1.45. The summed E-state index contributed by atoms with van der Waals surface area (Å²) >= 11 is 0. The van der Waals surface area contributed by atoms with Crippen LogP contribution in [0.4, 0.5) is 0 Å². The second-order valence-electron chi connectivity index (χ2n) is 5.56. The molecule has 0 atom stereocenters. The number of carbonyl (C=O) groups is 2. The van der Waals surface area contributed by atoms with Crippen LogP contribution in [0.15, 0.2) is 30.3 Å². The maximum absolute atomic E-state index is 11.7. The molecule has 0 aliphatic heterocycles. The first-order valence-electron chi connectivity index (χ1n) is 6.10. The molecular weight excluding hydrogens is 224 g/mol. The van der Waals surface area contributed by atoms with Gasteiger partial charge in [-0.25, -0.2) is 0 Å². The van der Waals surface area contributed by atoms with Crippen LogP contribution in [0.2, 0.25) is 0 Å². The summed E-state index contributed by atoms with van der Waals surface area (Å²) in [5, 5.41) is 0. The minimum Gasteiger partial charge on any atom is -0.299 e. The van der Waals surface area contributed by atoms with Crippen molar-refractivity contribution in [2.45, 2.75) is 34.1 Å². The third kappa shape index (κ3) is 4.66. The van der Waals surface area contributed by atoms with Crippen molar-refractivity contribution in [1.29, 1.82) is 0 Å². The van der Waals surface area contributed by atoms with Gasteiger partial charge in [0.15, 0.2) is 5.78 Å². The van der Waals surface area contributed by atoms with Crippen molar-refractivity contribution in [3.05, 3.63) is 41.5 Å². The van der Waals surface area contributed by atoms with Gasteiger partial charge in [-0.1, -0.05) is 56.7 Å². The van der Waals surface area contributed by atoms with Gasteiger partial charge in [-0.05, 0) is 18.6 Å². The molecule has 0 radical (unpaired) electrons. The highest BCUT2D eigenvalue weighted by atomic mass is 16.1. The average molecular weight is 244 g/mol. The molecule has 0 unspecified atom stereocenters. The molecule has 1 aromatic carbocycles. The Balaban J connectivity index is 2.63. The number of benzene rings is 1. The number of hydrogen-bond donors (Lipinski definition) is 0. The largest absolute Gasteiger partial charge is 0.299 e. The highest BCUT2D eigenvalue weighted by Gasteiger charge is 2.22. The van der Waals surface area contributed by atoms with Crippen molar-refractivity contribution in [3.63, 3.8) is 0 Å². The first kappa shape index (κ1) is 14.4. The Morgan fingerprint density at radius 2 is 1.89 bits per heavy atom. The molecule has 1 aromatic rings. The lowest BCUT2D eigenvalue weighted by molar-refractivity contribution is -0.130. The van der Waals surface area contributed by atoms with Gasteiger partial charge in [-0.15, -0.1) is 0 Å². The zero-order valence-electron chi connectivity index (χ0n) is 11.5. The minimum absolute atomic E-state index is 0.0220. The molecule has 0 N–H and O–H groups in total. The molecule has 1 rings (SSSR count). The summed E-state index contributed by atoms with van der Waals surface area (Å²) in [7, 11) is 0. The number of carbonyl (C=O) groups excluding carboxylic acids is 2. The summed E-state index contributed by atoms with van der Waals surface area (Å²) in [6.07, 6.45) is 3.22. The monoisotopic (exact) mass is 244 g/mol. The number of rotatable bonds is 4. The molecule has 0 heterocycles. The third-order valence-electron chi connectivity index (χ3n) is 2.68. The van der Waals surface area contributed by atoms with Gasteiger partial charge in [0.25, 0.3) is 0 Å². The molecule has 0 fully saturated rings. The molecule has 0 spiro atoms. The Morgan fingerprint density at radius 3 is 2.44 bits per heavy atom. The molecule has 0 aromatic heterocycles. The van der Waals surface area contributed by atoms with E-state index >= 15 is 0 Å². The second kappa shape index (κ2) is 5.76. The molecule has 18 heavy (non-hydrogen) atoms. The molecule has 0 saturated heterocycles. The Morgan fingerprint density at radius 1 is 1.22 bits per heavy atom. The van der Waals surface area contributed by atoms with Crippen molar-refractivity contribution in [2.24, 2.45) is 5.41 Å². The van der Waals surface area contributed by atoms with Crippen LogP contribution in [-0.4, -0.2) is 11.6 Å². The van der Waals surface area contributed by atoms with Crippen LogP contribution >= 0.6 is 0 Å². The second-order valence-corrected chi connectivity index (χ2v) is 5.56. The third-order valence-corrected chi connectivity index (χ3v) is 2.68. The minimum atomic E-state index is -0.452. The van der Waals surface area contributed by atoms with Gasteiger partial charge in [-0.2, -0.15) is 0 Å². The van der Waals surface area contributed by atoms with E-state index in [1.54, 1.807) is 6.08 Å². The van der Waals surface area contributed by atoms with Gasteiger partial charge < -0.3 is 0 Å². The van der Waals surface area contributed by atoms with Gasteiger partial charge in [0.05, 0.1) is 6.42 Å². The van der Waals surface area contributed by atoms with Crippen molar-refractivity contribution < 1.29 is 9.59 Å². The van der Waals surface area contributed by atoms with Crippen molar-refractivity contribution >= 4 is 17.6 Å². The maximum Gasteiger partial charge on any atom is 0.163 e. The van der Waals surface area contributed by atoms with E-state index in [-0.39, 0.29) is 18.0 Å². The first-order valence-corrected chi connectivity index (χ1v) is 6.10. The van der Waals surface area contributed by atoms with E-state index < -0.39 is 5.41 Å². The van der Waals surface area contributed by atoms with Crippen molar-refractivity contribution in [2.75, 3.05) is 0 Å². The first-order chi connectivity index (χ1) is 8.29. The average Bonchev–Trinajstić information content (AvgIpc) is 2.25. The normalized spacial score (nSPS) is 11.8. The number of hydrogen-bond acceptors (Lipinski definition) is 2. The molecule has 0 aliphatic rings. The molecule has 96 valence electrons. The Hall–Kier alpha value is -1.70. The van der Waals surface area contributed by atoms with E-state index in [0.717, 1.165) is 11.1 Å². The maximum atomic E-state index is 11.7. The van der Waals surface area contributed by atoms with E-state index in [9.17, 15) is 9.59 Å². The van der Waals surface area contributed by atoms with Gasteiger partial charge in [0, 0.05) is 5.41 Å². The van der Waals surface area contributed by atoms with Crippen LogP contribution in [0, 0.1) is 12.3 Å². The Labute approximate surface area is 109 Å². The summed E-state index contributed by atoms with van der Waals surface area (Å²) in [4.78, 5) is 23.3. The van der Waals surface area contributed by atoms with Gasteiger partial charge >= 0.3 is 0 Å². The molecule has 0 bridgehead atoms. The van der Waals surface area contributed by atoms with Crippen LogP contribution in [-0.2, 0) is 9.59 Å². The summed E-state index contributed by atoms with van der Waals surface area (Å²) in [5.41, 5.74) is 1.68. The fraction of sp³-hybridized carbons (Fsp3) is 0.375. The number of aryl methyl sites for hydroxylation is 1. The highest BCUT2D eigenvalue weighted by molar-refractivity contribution is 6.07. The van der Waals surface area contributed by atoms with Crippen molar-refractivity contribution in [1.82, 2.24) is 0 Å². The quantitative estimate of drug-likeness (QED) is 0.599. The van der Waals surface area contributed by atoms with Crippen LogP contribution in [0.5, 0.6) is 0 Å². The van der Waals surface area contributed by atoms with Crippen LogP contribution < -0.4 is 0 Å². The predicted molar refractivity (Wildman–Crippen MR) is 74.3 cm³/mol. The molecular formula is C16H20O2. The number of Topliss-reactive ketones (excluding diaryl/α,β-unsaturated/α-hetero) is 1. The number of allylic oxidation sites excluding steroid dienone is 1. The lowest BCUT2D eigenvalue weighted by Crippen LogP contribution is -2.22. The molecule has 0 saturated carbocycles. The summed E-state index contributed by atoms with van der Waals surface area (Å²) < 4.78 is 0. The van der Waals surface area contributed by atoms with Gasteiger partial charge in [0.1, 0.15) is 5.78 Å². The molecule has 0 aliphatic carbocycles. The van der Waals surface area contributed by atoms with Crippen LogP contribution in [0.1, 0.15) is 38.3 Å². The predicted octanol–water partition coefficient (Wildman–Crippen LogP) is 3.58. The zero-order valence-corrected chi connectivity index (χ0v) is 11.5. The molecule has 2 nitrogen and oxygen atoms in total. The smallest absolute Gasteiger partial charge is 0.163 e. The lowest BCUT2D eigenvalue weighted by atomic mass is 9.88. The van der Waals surface area contributed by atoms with Crippen molar-refractivity contribution in [3.8, 4) is 0 Å². The van der Waals surface area contributed by atoms with Gasteiger partial charge in [-0.3, -0.25) is 9.59 Å². The van der Waals surface area contributed by atoms with E-state index in [2.05, 4.69) is 0 Å². The topological polar surface area (TPSA) is 34.1 Å².